The number of sulfonamides is 1. The highest BCUT2D eigenvalue weighted by Gasteiger charge is 2.32. The summed E-state index contributed by atoms with van der Waals surface area (Å²) in [5.41, 5.74) is 0.833. The second kappa shape index (κ2) is 11.8. The maximum atomic E-state index is 13.6. The Labute approximate surface area is 221 Å². The van der Waals surface area contributed by atoms with Crippen LogP contribution in [0.15, 0.2) is 42.5 Å². The Balaban J connectivity index is 1.91. The molecule has 0 bridgehead atoms. The standard InChI is InChI=1S/C24H28Cl3N3O4S/c1-16(24(32)28-18-10-6-7-11-18)29(14-17-8-4-3-5-9-17)23(31)15-30(35(2,33)34)22-13-20(26)19(25)12-21(22)27/h3-5,8-9,12-13,16,18H,6-7,10-11,14-15H2,1-2H3,(H,28,32). The lowest BCUT2D eigenvalue weighted by atomic mass is 10.1. The zero-order valence-electron chi connectivity index (χ0n) is 19.5. The van der Waals surface area contributed by atoms with E-state index in [1.54, 1.807) is 6.92 Å². The van der Waals surface area contributed by atoms with Crippen molar-refractivity contribution in [2.24, 2.45) is 0 Å². The Morgan fingerprint density at radius 1 is 1.03 bits per heavy atom. The minimum absolute atomic E-state index is 0.0271. The lowest BCUT2D eigenvalue weighted by molar-refractivity contribution is -0.139. The van der Waals surface area contributed by atoms with Crippen molar-refractivity contribution in [2.75, 3.05) is 17.1 Å². The molecule has 2 aromatic rings. The molecule has 0 heterocycles. The van der Waals surface area contributed by atoms with Crippen LogP contribution in [0.5, 0.6) is 0 Å². The fourth-order valence-corrected chi connectivity index (χ4v) is 5.60. The summed E-state index contributed by atoms with van der Waals surface area (Å²) in [5.74, 6) is -0.838. The molecule has 35 heavy (non-hydrogen) atoms. The molecule has 0 aliphatic heterocycles. The smallest absolute Gasteiger partial charge is 0.244 e. The van der Waals surface area contributed by atoms with Crippen LogP contribution in [-0.4, -0.2) is 50.0 Å². The van der Waals surface area contributed by atoms with E-state index in [2.05, 4.69) is 5.32 Å². The van der Waals surface area contributed by atoms with Gasteiger partial charge in [-0.2, -0.15) is 0 Å². The van der Waals surface area contributed by atoms with Gasteiger partial charge in [-0.05, 0) is 37.5 Å². The second-order valence-corrected chi connectivity index (χ2v) is 11.8. The van der Waals surface area contributed by atoms with Crippen molar-refractivity contribution < 1.29 is 18.0 Å². The quantitative estimate of drug-likeness (QED) is 0.443. The van der Waals surface area contributed by atoms with Crippen molar-refractivity contribution in [1.82, 2.24) is 10.2 Å². The number of rotatable bonds is 9. The molecule has 3 rings (SSSR count). The molecule has 0 saturated heterocycles. The lowest BCUT2D eigenvalue weighted by Gasteiger charge is -2.32. The molecule has 1 unspecified atom stereocenters. The number of amides is 2. The maximum Gasteiger partial charge on any atom is 0.244 e. The highest BCUT2D eigenvalue weighted by Crippen LogP contribution is 2.35. The highest BCUT2D eigenvalue weighted by atomic mass is 35.5. The molecule has 1 N–H and O–H groups in total. The number of carbonyl (C=O) groups is 2. The molecule has 7 nitrogen and oxygen atoms in total. The Kier molecular flexibility index (Phi) is 9.32. The molecule has 1 atom stereocenters. The van der Waals surface area contributed by atoms with Gasteiger partial charge in [-0.3, -0.25) is 13.9 Å². The van der Waals surface area contributed by atoms with Gasteiger partial charge in [-0.25, -0.2) is 8.42 Å². The van der Waals surface area contributed by atoms with Crippen LogP contribution in [0, 0.1) is 0 Å². The minimum atomic E-state index is -3.94. The van der Waals surface area contributed by atoms with Crippen LogP contribution in [0.2, 0.25) is 15.1 Å². The summed E-state index contributed by atoms with van der Waals surface area (Å²) < 4.78 is 26.2. The largest absolute Gasteiger partial charge is 0.352 e. The molecule has 1 aliphatic carbocycles. The number of hydrogen-bond acceptors (Lipinski definition) is 4. The Morgan fingerprint density at radius 3 is 2.23 bits per heavy atom. The Morgan fingerprint density at radius 2 is 1.63 bits per heavy atom. The molecular weight excluding hydrogens is 533 g/mol. The van der Waals surface area contributed by atoms with E-state index < -0.39 is 28.5 Å². The van der Waals surface area contributed by atoms with Gasteiger partial charge >= 0.3 is 0 Å². The predicted molar refractivity (Wildman–Crippen MR) is 141 cm³/mol. The average Bonchev–Trinajstić information content (AvgIpc) is 3.31. The number of nitrogens with zero attached hydrogens (tertiary/aromatic N) is 2. The molecule has 190 valence electrons. The van der Waals surface area contributed by atoms with Crippen LogP contribution in [0.4, 0.5) is 5.69 Å². The van der Waals surface area contributed by atoms with Crippen LogP contribution in [0.25, 0.3) is 0 Å². The monoisotopic (exact) mass is 559 g/mol. The Bertz CT molecular complexity index is 1170. The van der Waals surface area contributed by atoms with Gasteiger partial charge in [0.2, 0.25) is 21.8 Å². The summed E-state index contributed by atoms with van der Waals surface area (Å²) in [6.45, 7) is 1.21. The normalized spacial score (nSPS) is 15.0. The van der Waals surface area contributed by atoms with Crippen LogP contribution in [0.1, 0.15) is 38.2 Å². The molecule has 0 spiro atoms. The van der Waals surface area contributed by atoms with Crippen molar-refractivity contribution in [3.05, 3.63) is 63.1 Å². The molecule has 0 aromatic heterocycles. The summed E-state index contributed by atoms with van der Waals surface area (Å²) in [5, 5.41) is 3.30. The maximum absolute atomic E-state index is 13.6. The third-order valence-electron chi connectivity index (χ3n) is 6.00. The summed E-state index contributed by atoms with van der Waals surface area (Å²) in [6, 6.07) is 11.1. The van der Waals surface area contributed by atoms with E-state index in [4.69, 9.17) is 34.8 Å². The molecule has 1 saturated carbocycles. The number of anilines is 1. The Hall–Kier alpha value is -2.00. The molecule has 1 fully saturated rings. The summed E-state index contributed by atoms with van der Waals surface area (Å²) >= 11 is 18.4. The van der Waals surface area contributed by atoms with Crippen molar-refractivity contribution >= 4 is 62.3 Å². The topological polar surface area (TPSA) is 86.8 Å². The van der Waals surface area contributed by atoms with Crippen LogP contribution >= 0.6 is 34.8 Å². The SMILES string of the molecule is CC(C(=O)NC1CCCC1)N(Cc1ccccc1)C(=O)CN(c1cc(Cl)c(Cl)cc1Cl)S(C)(=O)=O. The first-order chi connectivity index (χ1) is 16.5. The van der Waals surface area contributed by atoms with E-state index >= 15 is 0 Å². The van der Waals surface area contributed by atoms with E-state index in [1.807, 2.05) is 30.3 Å². The van der Waals surface area contributed by atoms with E-state index in [9.17, 15) is 18.0 Å². The van der Waals surface area contributed by atoms with Crippen molar-refractivity contribution in [2.45, 2.75) is 51.2 Å². The predicted octanol–water partition coefficient (Wildman–Crippen LogP) is 4.89. The molecule has 0 radical (unpaired) electrons. The van der Waals surface area contributed by atoms with Gasteiger partial charge in [0, 0.05) is 12.6 Å². The summed E-state index contributed by atoms with van der Waals surface area (Å²) in [6.07, 6.45) is 4.89. The lowest BCUT2D eigenvalue weighted by Crippen LogP contribution is -2.52. The van der Waals surface area contributed by atoms with E-state index in [0.717, 1.165) is 41.8 Å². The molecule has 1 aliphatic rings. The number of benzene rings is 2. The highest BCUT2D eigenvalue weighted by molar-refractivity contribution is 7.92. The van der Waals surface area contributed by atoms with Gasteiger partial charge < -0.3 is 10.2 Å². The van der Waals surface area contributed by atoms with Crippen molar-refractivity contribution in [3.63, 3.8) is 0 Å². The van der Waals surface area contributed by atoms with E-state index in [0.29, 0.717) is 0 Å². The van der Waals surface area contributed by atoms with Crippen LogP contribution in [-0.2, 0) is 26.2 Å². The summed E-state index contributed by atoms with van der Waals surface area (Å²) in [4.78, 5) is 28.0. The third kappa shape index (κ3) is 7.26. The minimum Gasteiger partial charge on any atom is -0.352 e. The fourth-order valence-electron chi connectivity index (χ4n) is 4.05. The number of hydrogen-bond donors (Lipinski definition) is 1. The van der Waals surface area contributed by atoms with Gasteiger partial charge in [-0.15, -0.1) is 0 Å². The molecular formula is C24H28Cl3N3O4S. The average molecular weight is 561 g/mol. The first-order valence-corrected chi connectivity index (χ1v) is 14.2. The molecule has 11 heteroatoms. The zero-order valence-corrected chi connectivity index (χ0v) is 22.6. The first kappa shape index (κ1) is 27.6. The third-order valence-corrected chi connectivity index (χ3v) is 8.15. The van der Waals surface area contributed by atoms with E-state index in [1.165, 1.54) is 17.0 Å². The zero-order chi connectivity index (χ0) is 25.8. The number of nitrogens with one attached hydrogen (secondary N) is 1. The van der Waals surface area contributed by atoms with Crippen LogP contribution in [0.3, 0.4) is 0 Å². The molecule has 2 amide bonds. The van der Waals surface area contributed by atoms with Crippen LogP contribution < -0.4 is 9.62 Å². The van der Waals surface area contributed by atoms with Gasteiger partial charge in [0.1, 0.15) is 12.6 Å². The van der Waals surface area contributed by atoms with Gasteiger partial charge in [0.25, 0.3) is 0 Å². The van der Waals surface area contributed by atoms with Crippen molar-refractivity contribution in [1.29, 1.82) is 0 Å². The second-order valence-electron chi connectivity index (χ2n) is 8.66. The molecule has 2 aromatic carbocycles. The number of carbonyl (C=O) groups excluding carboxylic acids is 2. The van der Waals surface area contributed by atoms with Gasteiger partial charge in [-0.1, -0.05) is 78.0 Å². The van der Waals surface area contributed by atoms with E-state index in [-0.39, 0.29) is 39.2 Å². The van der Waals surface area contributed by atoms with Gasteiger partial charge in [0.15, 0.2) is 0 Å². The first-order valence-electron chi connectivity index (χ1n) is 11.2. The van der Waals surface area contributed by atoms with Gasteiger partial charge in [0.05, 0.1) is 27.0 Å². The summed E-state index contributed by atoms with van der Waals surface area (Å²) in [7, 11) is -3.94. The van der Waals surface area contributed by atoms with Crippen molar-refractivity contribution in [3.8, 4) is 0 Å². The fraction of sp³-hybridized carbons (Fsp3) is 0.417. The number of halogens is 3.